The number of fused-ring (bicyclic) bond motifs is 1. The molecule has 1 amide bonds. The zero-order valence-electron chi connectivity index (χ0n) is 20.7. The van der Waals surface area contributed by atoms with E-state index in [1.165, 1.54) is 0 Å². The van der Waals surface area contributed by atoms with Gasteiger partial charge >= 0.3 is 0 Å². The van der Waals surface area contributed by atoms with Gasteiger partial charge in [-0.2, -0.15) is 0 Å². The number of benzene rings is 1. The van der Waals surface area contributed by atoms with Crippen molar-refractivity contribution in [1.82, 2.24) is 25.0 Å². The summed E-state index contributed by atoms with van der Waals surface area (Å²) >= 11 is 6.36. The molecule has 0 spiro atoms. The minimum absolute atomic E-state index is 0.0377. The Balaban J connectivity index is 1.18. The van der Waals surface area contributed by atoms with Crippen molar-refractivity contribution < 1.29 is 13.2 Å². The summed E-state index contributed by atoms with van der Waals surface area (Å²) in [5.41, 5.74) is 3.19. The largest absolute Gasteiger partial charge is 0.367 e. The molecule has 0 radical (unpaired) electrons. The lowest BCUT2D eigenvalue weighted by Gasteiger charge is -2.30. The van der Waals surface area contributed by atoms with Crippen LogP contribution < -0.4 is 15.4 Å². The van der Waals surface area contributed by atoms with Crippen LogP contribution in [0.25, 0.3) is 22.2 Å². The normalized spacial score (nSPS) is 17.8. The van der Waals surface area contributed by atoms with Gasteiger partial charge in [-0.1, -0.05) is 29.8 Å². The quantitative estimate of drug-likeness (QED) is 0.228. The number of nitrogens with zero attached hydrogens (tertiary/aromatic N) is 2. The number of hydrogen-bond donors (Lipinski definition) is 4. The number of carbonyl (C=O) groups excluding carboxylic acids is 1. The van der Waals surface area contributed by atoms with E-state index in [0.29, 0.717) is 23.0 Å². The molecule has 1 fully saturated rings. The third-order valence-corrected chi connectivity index (χ3v) is 8.25. The summed E-state index contributed by atoms with van der Waals surface area (Å²) < 4.78 is 28.2. The Morgan fingerprint density at radius 2 is 1.89 bits per heavy atom. The van der Waals surface area contributed by atoms with Crippen LogP contribution in [0.2, 0.25) is 5.15 Å². The second-order valence-electron chi connectivity index (χ2n) is 9.43. The molecule has 2 atom stereocenters. The number of amides is 1. The lowest BCUT2D eigenvalue weighted by Crippen LogP contribution is -2.44. The molecular weight excluding hydrogens is 524 g/mol. The van der Waals surface area contributed by atoms with E-state index in [1.54, 1.807) is 30.5 Å². The number of rotatable bonds is 9. The first-order valence-corrected chi connectivity index (χ1v) is 14.6. The number of carbonyl (C=O) groups is 1. The number of hydrogen-bond acceptors (Lipinski definition) is 6. The standard InChI is InChI=1S/C27H29ClN6O3S/c28-24-14-19(23-17-31-26-22(23)10-5-11-29-26)15-25(33-24)32-20-8-4-9-21(16-20)34-38(36,37)13-12-30-27(35)18-6-2-1-3-7-18/h1-3,5-7,10-11,14-15,17,20-21,34H,4,8-9,12-13,16H2,(H,29,31)(H,30,35)(H,32,33). The molecule has 2 unspecified atom stereocenters. The molecule has 198 valence electrons. The Kier molecular flexibility index (Phi) is 7.92. The van der Waals surface area contributed by atoms with Gasteiger partial charge in [-0.25, -0.2) is 23.1 Å². The third-order valence-electron chi connectivity index (χ3n) is 6.62. The topological polar surface area (TPSA) is 129 Å². The maximum atomic E-state index is 12.7. The van der Waals surface area contributed by atoms with E-state index in [9.17, 15) is 13.2 Å². The highest BCUT2D eigenvalue weighted by atomic mass is 35.5. The number of sulfonamides is 1. The Labute approximate surface area is 226 Å². The first kappa shape index (κ1) is 26.1. The molecular formula is C27H29ClN6O3S. The van der Waals surface area contributed by atoms with Gasteiger partial charge in [0.05, 0.1) is 5.75 Å². The summed E-state index contributed by atoms with van der Waals surface area (Å²) in [6.07, 6.45) is 6.79. The SMILES string of the molecule is O=C(NCCS(=O)(=O)NC1CCCC(Nc2cc(-c3c[nH]c4ncccc34)cc(Cl)n2)C1)c1ccccc1. The lowest BCUT2D eigenvalue weighted by atomic mass is 9.91. The fourth-order valence-corrected chi connectivity index (χ4v) is 6.28. The zero-order chi connectivity index (χ0) is 26.5. The summed E-state index contributed by atoms with van der Waals surface area (Å²) in [4.78, 5) is 24.1. The van der Waals surface area contributed by atoms with Gasteiger partial charge < -0.3 is 15.6 Å². The van der Waals surface area contributed by atoms with Crippen molar-refractivity contribution in [2.24, 2.45) is 0 Å². The fourth-order valence-electron chi connectivity index (χ4n) is 4.86. The minimum atomic E-state index is -3.56. The average Bonchev–Trinajstić information content (AvgIpc) is 3.33. The van der Waals surface area contributed by atoms with Crippen LogP contribution in [0.1, 0.15) is 36.0 Å². The number of anilines is 1. The van der Waals surface area contributed by atoms with Gasteiger partial charge in [-0.15, -0.1) is 0 Å². The van der Waals surface area contributed by atoms with Crippen molar-refractivity contribution >= 4 is 44.4 Å². The van der Waals surface area contributed by atoms with Gasteiger partial charge in [0.2, 0.25) is 10.0 Å². The molecule has 1 saturated carbocycles. The number of pyridine rings is 2. The molecule has 0 bridgehead atoms. The van der Waals surface area contributed by atoms with Crippen molar-refractivity contribution in [3.05, 3.63) is 77.7 Å². The van der Waals surface area contributed by atoms with Gasteiger partial charge in [0.25, 0.3) is 5.91 Å². The van der Waals surface area contributed by atoms with Gasteiger partial charge in [0.1, 0.15) is 16.6 Å². The summed E-state index contributed by atoms with van der Waals surface area (Å²) in [6.45, 7) is 0.0377. The number of aromatic nitrogens is 3. The van der Waals surface area contributed by atoms with Crippen LogP contribution in [0.3, 0.4) is 0 Å². The van der Waals surface area contributed by atoms with E-state index in [1.807, 2.05) is 36.5 Å². The second-order valence-corrected chi connectivity index (χ2v) is 11.7. The van der Waals surface area contributed by atoms with Gasteiger partial charge in [-0.3, -0.25) is 4.79 Å². The van der Waals surface area contributed by atoms with Crippen LogP contribution in [-0.2, 0) is 10.0 Å². The second kappa shape index (κ2) is 11.5. The molecule has 0 aliphatic heterocycles. The van der Waals surface area contributed by atoms with E-state index < -0.39 is 10.0 Å². The maximum absolute atomic E-state index is 12.7. The lowest BCUT2D eigenvalue weighted by molar-refractivity contribution is 0.0956. The number of halogens is 1. The fraction of sp³-hybridized carbons (Fsp3) is 0.296. The molecule has 5 rings (SSSR count). The number of nitrogens with one attached hydrogen (secondary N) is 4. The van der Waals surface area contributed by atoms with E-state index >= 15 is 0 Å². The molecule has 3 heterocycles. The number of aromatic amines is 1. The molecule has 38 heavy (non-hydrogen) atoms. The van der Waals surface area contributed by atoms with Crippen LogP contribution in [0, 0.1) is 0 Å². The smallest absolute Gasteiger partial charge is 0.251 e. The van der Waals surface area contributed by atoms with Crippen LogP contribution in [0.4, 0.5) is 5.82 Å². The van der Waals surface area contributed by atoms with Crippen molar-refractivity contribution in [2.75, 3.05) is 17.6 Å². The first-order valence-electron chi connectivity index (χ1n) is 12.6. The number of H-pyrrole nitrogens is 1. The minimum Gasteiger partial charge on any atom is -0.367 e. The highest BCUT2D eigenvalue weighted by Gasteiger charge is 2.26. The molecule has 0 saturated heterocycles. The monoisotopic (exact) mass is 552 g/mol. The molecule has 1 aromatic carbocycles. The summed E-state index contributed by atoms with van der Waals surface area (Å²) in [6, 6.07) is 16.2. The molecule has 4 aromatic rings. The average molecular weight is 553 g/mol. The van der Waals surface area contributed by atoms with Crippen molar-refractivity contribution in [2.45, 2.75) is 37.8 Å². The summed E-state index contributed by atoms with van der Waals surface area (Å²) in [5.74, 6) is 0.168. The molecule has 3 aromatic heterocycles. The summed E-state index contributed by atoms with van der Waals surface area (Å²) in [5, 5.41) is 7.48. The molecule has 11 heteroatoms. The molecule has 1 aliphatic rings. The predicted octanol–water partition coefficient (Wildman–Crippen LogP) is 4.35. The van der Waals surface area contributed by atoms with E-state index in [-0.39, 0.29) is 30.3 Å². The summed E-state index contributed by atoms with van der Waals surface area (Å²) in [7, 11) is -3.56. The van der Waals surface area contributed by atoms with E-state index in [0.717, 1.165) is 41.4 Å². The van der Waals surface area contributed by atoms with Crippen LogP contribution in [0.5, 0.6) is 0 Å². The first-order chi connectivity index (χ1) is 18.4. The third kappa shape index (κ3) is 6.50. The zero-order valence-corrected chi connectivity index (χ0v) is 22.2. The van der Waals surface area contributed by atoms with Crippen LogP contribution in [0.15, 0.2) is 67.0 Å². The van der Waals surface area contributed by atoms with Crippen LogP contribution >= 0.6 is 11.6 Å². The predicted molar refractivity (Wildman–Crippen MR) is 150 cm³/mol. The van der Waals surface area contributed by atoms with Crippen molar-refractivity contribution in [3.63, 3.8) is 0 Å². The highest BCUT2D eigenvalue weighted by molar-refractivity contribution is 7.89. The van der Waals surface area contributed by atoms with E-state index in [2.05, 4.69) is 30.3 Å². The molecule has 9 nitrogen and oxygen atoms in total. The Morgan fingerprint density at radius 3 is 2.74 bits per heavy atom. The highest BCUT2D eigenvalue weighted by Crippen LogP contribution is 2.31. The Morgan fingerprint density at radius 1 is 1.08 bits per heavy atom. The molecule has 1 aliphatic carbocycles. The van der Waals surface area contributed by atoms with Crippen LogP contribution in [-0.4, -0.2) is 53.7 Å². The van der Waals surface area contributed by atoms with Crippen molar-refractivity contribution in [1.29, 1.82) is 0 Å². The Bertz CT molecular complexity index is 1530. The van der Waals surface area contributed by atoms with E-state index in [4.69, 9.17) is 11.6 Å². The Hall–Kier alpha value is -3.47. The maximum Gasteiger partial charge on any atom is 0.251 e. The molecule has 4 N–H and O–H groups in total. The van der Waals surface area contributed by atoms with Gasteiger partial charge in [-0.05, 0) is 67.6 Å². The van der Waals surface area contributed by atoms with Gasteiger partial charge in [0.15, 0.2) is 0 Å². The van der Waals surface area contributed by atoms with Crippen molar-refractivity contribution in [3.8, 4) is 11.1 Å². The van der Waals surface area contributed by atoms with Gasteiger partial charge in [0, 0.05) is 47.5 Å².